The van der Waals surface area contributed by atoms with Gasteiger partial charge in [-0.25, -0.2) is 4.99 Å². The Morgan fingerprint density at radius 3 is 2.63 bits per heavy atom. The quantitative estimate of drug-likeness (QED) is 0.440. The van der Waals surface area contributed by atoms with Crippen molar-refractivity contribution in [2.45, 2.75) is 77.4 Å². The molecule has 1 aliphatic rings. The van der Waals surface area contributed by atoms with Crippen LogP contribution in [0.15, 0.2) is 16.6 Å². The first-order chi connectivity index (χ1) is 8.77. The Bertz CT molecular complexity index is 378. The van der Waals surface area contributed by atoms with Gasteiger partial charge in [0.05, 0.1) is 16.3 Å². The maximum absolute atomic E-state index is 10.7. The first-order valence-corrected chi connectivity index (χ1v) is 7.65. The number of hydrogen-bond acceptors (Lipinski definition) is 3. The van der Waals surface area contributed by atoms with Crippen LogP contribution in [-0.4, -0.2) is 21.4 Å². The van der Waals surface area contributed by atoms with Gasteiger partial charge in [-0.05, 0) is 84.4 Å². The summed E-state index contributed by atoms with van der Waals surface area (Å²) < 4.78 is 0. The second-order valence-corrected chi connectivity index (χ2v) is 6.93. The van der Waals surface area contributed by atoms with Crippen LogP contribution in [-0.2, 0) is 0 Å². The molecule has 2 nitrogen and oxygen atoms in total. The second kappa shape index (κ2) is 6.78. The van der Waals surface area contributed by atoms with Crippen LogP contribution in [0.1, 0.15) is 66.2 Å². The molecular formula is C16H27NOS. The third-order valence-corrected chi connectivity index (χ3v) is 4.43. The summed E-state index contributed by atoms with van der Waals surface area (Å²) in [5.74, 6) is 0.397. The van der Waals surface area contributed by atoms with Crippen LogP contribution in [0.5, 0.6) is 0 Å². The van der Waals surface area contributed by atoms with Gasteiger partial charge in [0.15, 0.2) is 0 Å². The smallest absolute Gasteiger partial charge is 0.0655 e. The Morgan fingerprint density at radius 2 is 2.11 bits per heavy atom. The third-order valence-electron chi connectivity index (χ3n) is 4.34. The first-order valence-electron chi connectivity index (χ1n) is 7.24. The van der Waals surface area contributed by atoms with Crippen LogP contribution in [0.25, 0.3) is 0 Å². The predicted octanol–water partition coefficient (Wildman–Crippen LogP) is 4.54. The molecule has 0 bridgehead atoms. The van der Waals surface area contributed by atoms with E-state index in [1.807, 2.05) is 6.92 Å². The predicted molar refractivity (Wildman–Crippen MR) is 84.7 cm³/mol. The van der Waals surface area contributed by atoms with Crippen molar-refractivity contribution in [3.8, 4) is 0 Å². The van der Waals surface area contributed by atoms with E-state index in [0.29, 0.717) is 5.92 Å². The number of allylic oxidation sites excluding steroid dienone is 2. The molecule has 1 unspecified atom stereocenters. The van der Waals surface area contributed by atoms with E-state index >= 15 is 0 Å². The average Bonchev–Trinajstić information content (AvgIpc) is 2.28. The lowest BCUT2D eigenvalue weighted by Crippen LogP contribution is -2.35. The fraction of sp³-hybridized carbons (Fsp3) is 0.812. The monoisotopic (exact) mass is 281 g/mol. The largest absolute Gasteiger partial charge is 0.390 e. The molecule has 0 fully saturated rings. The van der Waals surface area contributed by atoms with Crippen molar-refractivity contribution >= 4 is 17.4 Å². The minimum absolute atomic E-state index is 0.152. The number of rotatable bonds is 6. The van der Waals surface area contributed by atoms with Crippen molar-refractivity contribution in [2.75, 3.05) is 0 Å². The number of isothiocyanates is 1. The summed E-state index contributed by atoms with van der Waals surface area (Å²) in [6.45, 7) is 8.29. The highest BCUT2D eigenvalue weighted by molar-refractivity contribution is 7.78. The summed E-state index contributed by atoms with van der Waals surface area (Å²) in [4.78, 5) is 4.17. The molecule has 0 heterocycles. The molecule has 1 N–H and O–H groups in total. The van der Waals surface area contributed by atoms with E-state index in [2.05, 4.69) is 49.2 Å². The highest BCUT2D eigenvalue weighted by atomic mass is 32.1. The van der Waals surface area contributed by atoms with E-state index in [9.17, 15) is 5.11 Å². The number of hydrogen-bond donors (Lipinski definition) is 1. The standard InChI is InChI=1S/C16H27NOS/c1-13-6-8-14(9-7-13)16(4,18)11-5-10-15(2,3)17-12-19/h6,14,18H,5,7-11H2,1-4H3/t14?,16-/m0/s1. The van der Waals surface area contributed by atoms with Crippen molar-refractivity contribution in [3.63, 3.8) is 0 Å². The van der Waals surface area contributed by atoms with Gasteiger partial charge in [-0.1, -0.05) is 11.6 Å². The molecular weight excluding hydrogens is 254 g/mol. The zero-order valence-electron chi connectivity index (χ0n) is 12.7. The van der Waals surface area contributed by atoms with E-state index in [-0.39, 0.29) is 5.54 Å². The molecule has 1 rings (SSSR count). The zero-order valence-corrected chi connectivity index (χ0v) is 13.5. The molecule has 1 aliphatic carbocycles. The lowest BCUT2D eigenvalue weighted by Gasteiger charge is -2.35. The molecule has 2 atom stereocenters. The molecule has 108 valence electrons. The maximum Gasteiger partial charge on any atom is 0.0655 e. The van der Waals surface area contributed by atoms with Crippen molar-refractivity contribution in [3.05, 3.63) is 11.6 Å². The second-order valence-electron chi connectivity index (χ2n) is 6.75. The van der Waals surface area contributed by atoms with Crippen LogP contribution in [0.4, 0.5) is 0 Å². The Labute approximate surface area is 123 Å². The van der Waals surface area contributed by atoms with Gasteiger partial charge in [0, 0.05) is 0 Å². The molecule has 0 aromatic heterocycles. The van der Waals surface area contributed by atoms with Crippen molar-refractivity contribution in [1.29, 1.82) is 0 Å². The Balaban J connectivity index is 2.45. The zero-order chi connectivity index (χ0) is 14.5. The molecule has 0 radical (unpaired) electrons. The van der Waals surface area contributed by atoms with Gasteiger partial charge in [-0.15, -0.1) is 0 Å². The minimum atomic E-state index is -0.561. The van der Waals surface area contributed by atoms with Crippen LogP contribution in [0.3, 0.4) is 0 Å². The summed E-state index contributed by atoms with van der Waals surface area (Å²) in [6, 6.07) is 0. The molecule has 0 aromatic carbocycles. The normalized spacial score (nSPS) is 23.2. The number of aliphatic hydroxyl groups is 1. The molecule has 0 saturated carbocycles. The lowest BCUT2D eigenvalue weighted by atomic mass is 9.76. The van der Waals surface area contributed by atoms with E-state index in [1.165, 1.54) is 5.57 Å². The number of nitrogens with zero attached hydrogens (tertiary/aromatic N) is 1. The molecule has 3 heteroatoms. The molecule has 0 amide bonds. The maximum atomic E-state index is 10.7. The summed E-state index contributed by atoms with van der Waals surface area (Å²) in [5.41, 5.74) is 0.749. The summed E-state index contributed by atoms with van der Waals surface area (Å²) >= 11 is 4.66. The van der Waals surface area contributed by atoms with Gasteiger partial charge in [0.1, 0.15) is 0 Å². The van der Waals surface area contributed by atoms with Crippen LogP contribution < -0.4 is 0 Å². The number of thiocarbonyl (C=S) groups is 1. The first kappa shape index (κ1) is 16.6. The van der Waals surface area contributed by atoms with Crippen molar-refractivity contribution in [1.82, 2.24) is 0 Å². The minimum Gasteiger partial charge on any atom is -0.390 e. The Kier molecular flexibility index (Phi) is 5.91. The van der Waals surface area contributed by atoms with Gasteiger partial charge < -0.3 is 5.11 Å². The van der Waals surface area contributed by atoms with Crippen molar-refractivity contribution in [2.24, 2.45) is 10.9 Å². The molecule has 0 saturated heterocycles. The van der Waals surface area contributed by atoms with E-state index in [0.717, 1.165) is 38.5 Å². The highest BCUT2D eigenvalue weighted by Gasteiger charge is 2.32. The number of aliphatic imine (C=N–C) groups is 1. The van der Waals surface area contributed by atoms with Gasteiger partial charge in [0.2, 0.25) is 0 Å². The Morgan fingerprint density at radius 1 is 1.42 bits per heavy atom. The summed E-state index contributed by atoms with van der Waals surface area (Å²) in [6.07, 6.45) is 8.27. The molecule has 0 aliphatic heterocycles. The van der Waals surface area contributed by atoms with Crippen LogP contribution >= 0.6 is 12.2 Å². The van der Waals surface area contributed by atoms with Gasteiger partial charge in [0.25, 0.3) is 0 Å². The van der Waals surface area contributed by atoms with E-state index < -0.39 is 5.60 Å². The van der Waals surface area contributed by atoms with E-state index in [1.54, 1.807) is 0 Å². The third kappa shape index (κ3) is 5.56. The molecule has 19 heavy (non-hydrogen) atoms. The van der Waals surface area contributed by atoms with Gasteiger partial charge in [-0.2, -0.15) is 0 Å². The molecule has 0 spiro atoms. The topological polar surface area (TPSA) is 32.6 Å². The van der Waals surface area contributed by atoms with Gasteiger partial charge in [-0.3, -0.25) is 0 Å². The average molecular weight is 281 g/mol. The van der Waals surface area contributed by atoms with Gasteiger partial charge >= 0.3 is 0 Å². The van der Waals surface area contributed by atoms with E-state index in [4.69, 9.17) is 0 Å². The lowest BCUT2D eigenvalue weighted by molar-refractivity contribution is -0.0157. The SMILES string of the molecule is CC1=CCC([C@@](C)(O)CCCC(C)(C)N=C=S)CC1. The Hall–Kier alpha value is -0.500. The van der Waals surface area contributed by atoms with Crippen LogP contribution in [0, 0.1) is 5.92 Å². The fourth-order valence-corrected chi connectivity index (χ4v) is 3.04. The molecule has 0 aromatic rings. The summed E-state index contributed by atoms with van der Waals surface area (Å²) in [5, 5.41) is 13.1. The highest BCUT2D eigenvalue weighted by Crippen LogP contribution is 2.35. The van der Waals surface area contributed by atoms with Crippen molar-refractivity contribution < 1.29 is 5.11 Å². The fourth-order valence-electron chi connectivity index (χ4n) is 2.79. The van der Waals surface area contributed by atoms with Crippen LogP contribution in [0.2, 0.25) is 0 Å². The summed E-state index contributed by atoms with van der Waals surface area (Å²) in [7, 11) is 0.